The highest BCUT2D eigenvalue weighted by atomic mass is 32.2. The van der Waals surface area contributed by atoms with E-state index in [0.717, 1.165) is 0 Å². The first-order chi connectivity index (χ1) is 16.6. The van der Waals surface area contributed by atoms with Crippen molar-refractivity contribution >= 4 is 41.4 Å². The van der Waals surface area contributed by atoms with Crippen molar-refractivity contribution in [2.75, 3.05) is 18.6 Å². The number of amides is 3. The molecule has 3 amide bonds. The first-order valence-electron chi connectivity index (χ1n) is 11.2. The van der Waals surface area contributed by atoms with Gasteiger partial charge in [-0.3, -0.25) is 19.2 Å². The number of nitrogens with two attached hydrogens (primary N) is 1. The maximum absolute atomic E-state index is 13.1. The predicted octanol–water partition coefficient (Wildman–Crippen LogP) is -1.06. The minimum atomic E-state index is -1.41. The summed E-state index contributed by atoms with van der Waals surface area (Å²) >= 11 is 1.44. The second-order valence-corrected chi connectivity index (χ2v) is 9.24. The summed E-state index contributed by atoms with van der Waals surface area (Å²) < 4.78 is 0. The van der Waals surface area contributed by atoms with Crippen LogP contribution >= 0.6 is 11.8 Å². The molecule has 1 aliphatic rings. The van der Waals surface area contributed by atoms with Crippen molar-refractivity contribution in [1.82, 2.24) is 25.5 Å². The minimum Gasteiger partial charge on any atom is -0.481 e. The lowest BCUT2D eigenvalue weighted by atomic mass is 10.1. The van der Waals surface area contributed by atoms with E-state index in [1.165, 1.54) is 23.0 Å². The maximum Gasteiger partial charge on any atom is 0.326 e. The van der Waals surface area contributed by atoms with Crippen LogP contribution in [0.2, 0.25) is 0 Å². The first-order valence-corrected chi connectivity index (χ1v) is 12.6. The number of imidazole rings is 1. The van der Waals surface area contributed by atoms with Crippen LogP contribution in [-0.2, 0) is 30.4 Å². The van der Waals surface area contributed by atoms with E-state index < -0.39 is 54.3 Å². The number of likely N-dealkylation sites (tertiary alicyclic amines) is 1. The highest BCUT2D eigenvalue weighted by Crippen LogP contribution is 2.19. The molecule has 14 heteroatoms. The number of hydrogen-bond donors (Lipinski definition) is 6. The number of carboxylic acid groups (broad SMARTS) is 2. The molecule has 7 N–H and O–H groups in total. The van der Waals surface area contributed by atoms with Gasteiger partial charge in [-0.15, -0.1) is 0 Å². The fourth-order valence-electron chi connectivity index (χ4n) is 3.81. The normalized spacial score (nSPS) is 17.9. The van der Waals surface area contributed by atoms with Crippen LogP contribution in [0.4, 0.5) is 0 Å². The summed E-state index contributed by atoms with van der Waals surface area (Å²) in [7, 11) is 0. The van der Waals surface area contributed by atoms with Gasteiger partial charge in [0.1, 0.15) is 18.1 Å². The Hall–Kier alpha value is -3.13. The maximum atomic E-state index is 13.1. The molecule has 4 atom stereocenters. The van der Waals surface area contributed by atoms with E-state index in [2.05, 4.69) is 20.6 Å². The van der Waals surface area contributed by atoms with Gasteiger partial charge in [0.25, 0.3) is 0 Å². The molecule has 4 unspecified atom stereocenters. The van der Waals surface area contributed by atoms with E-state index in [9.17, 15) is 29.1 Å². The fraction of sp³-hybridized carbons (Fsp3) is 0.619. The third kappa shape index (κ3) is 8.55. The van der Waals surface area contributed by atoms with Crippen molar-refractivity contribution < 1.29 is 34.2 Å². The summed E-state index contributed by atoms with van der Waals surface area (Å²) in [6.45, 7) is 0.353. The molecule has 0 aliphatic carbocycles. The molecule has 1 aromatic heterocycles. The minimum absolute atomic E-state index is 0.226. The number of aromatic amines is 1. The van der Waals surface area contributed by atoms with E-state index >= 15 is 0 Å². The van der Waals surface area contributed by atoms with E-state index in [1.807, 2.05) is 6.26 Å². The van der Waals surface area contributed by atoms with Crippen molar-refractivity contribution in [3.8, 4) is 0 Å². The molecule has 0 aromatic carbocycles. The quantitative estimate of drug-likeness (QED) is 0.178. The molecule has 1 saturated heterocycles. The summed E-state index contributed by atoms with van der Waals surface area (Å²) in [5.74, 6) is -3.68. The molecule has 1 aromatic rings. The Morgan fingerprint density at radius 1 is 1.23 bits per heavy atom. The Morgan fingerprint density at radius 2 is 1.97 bits per heavy atom. The summed E-state index contributed by atoms with van der Waals surface area (Å²) in [6.07, 6.45) is 5.60. The Labute approximate surface area is 206 Å². The van der Waals surface area contributed by atoms with Crippen molar-refractivity contribution in [3.63, 3.8) is 0 Å². The van der Waals surface area contributed by atoms with E-state index in [1.54, 1.807) is 6.20 Å². The SMILES string of the molecule is CSCCC(NC(=O)C1CCCN1C(=O)C(N)Cc1cnc[nH]1)C(=O)NC(CCC(=O)O)C(=O)O. The van der Waals surface area contributed by atoms with Crippen LogP contribution in [0.25, 0.3) is 0 Å². The highest BCUT2D eigenvalue weighted by molar-refractivity contribution is 7.98. The number of carbonyl (C=O) groups excluding carboxylic acids is 3. The number of thioether (sulfide) groups is 1. The second kappa shape index (κ2) is 13.7. The second-order valence-electron chi connectivity index (χ2n) is 8.25. The molecule has 1 fully saturated rings. The van der Waals surface area contributed by atoms with Crippen molar-refractivity contribution in [3.05, 3.63) is 18.2 Å². The highest BCUT2D eigenvalue weighted by Gasteiger charge is 2.38. The number of aromatic nitrogens is 2. The zero-order valence-corrected chi connectivity index (χ0v) is 20.3. The van der Waals surface area contributed by atoms with Gasteiger partial charge in [-0.2, -0.15) is 11.8 Å². The van der Waals surface area contributed by atoms with Gasteiger partial charge in [0.05, 0.1) is 12.4 Å². The number of rotatable bonds is 14. The average Bonchev–Trinajstić information content (AvgIpc) is 3.50. The number of hydrogen-bond acceptors (Lipinski definition) is 8. The molecule has 0 saturated carbocycles. The summed E-state index contributed by atoms with van der Waals surface area (Å²) in [4.78, 5) is 69.2. The molecule has 1 aliphatic heterocycles. The van der Waals surface area contributed by atoms with E-state index in [0.29, 0.717) is 30.8 Å². The van der Waals surface area contributed by atoms with Crippen LogP contribution in [0.5, 0.6) is 0 Å². The van der Waals surface area contributed by atoms with E-state index in [4.69, 9.17) is 10.8 Å². The smallest absolute Gasteiger partial charge is 0.326 e. The Morgan fingerprint density at radius 3 is 2.57 bits per heavy atom. The van der Waals surface area contributed by atoms with Crippen LogP contribution in [0.15, 0.2) is 12.5 Å². The van der Waals surface area contributed by atoms with Gasteiger partial charge in [0.15, 0.2) is 0 Å². The van der Waals surface area contributed by atoms with Crippen molar-refractivity contribution in [2.24, 2.45) is 5.73 Å². The molecule has 194 valence electrons. The molecule has 0 bridgehead atoms. The topological polar surface area (TPSA) is 208 Å². The van der Waals surface area contributed by atoms with Crippen LogP contribution in [0.1, 0.15) is 37.8 Å². The first kappa shape index (κ1) is 28.1. The zero-order chi connectivity index (χ0) is 26.0. The monoisotopic (exact) mass is 512 g/mol. The molecular weight excluding hydrogens is 480 g/mol. The van der Waals surface area contributed by atoms with Crippen LogP contribution in [0, 0.1) is 0 Å². The Bertz CT molecular complexity index is 897. The number of aliphatic carboxylic acids is 2. The molecule has 35 heavy (non-hydrogen) atoms. The van der Waals surface area contributed by atoms with Crippen LogP contribution in [-0.4, -0.2) is 97.5 Å². The van der Waals surface area contributed by atoms with Gasteiger partial charge in [-0.1, -0.05) is 0 Å². The van der Waals surface area contributed by atoms with Gasteiger partial charge < -0.3 is 36.5 Å². The average molecular weight is 513 g/mol. The number of carboxylic acids is 2. The van der Waals surface area contributed by atoms with Gasteiger partial charge in [0.2, 0.25) is 17.7 Å². The number of carbonyl (C=O) groups is 5. The molecule has 2 heterocycles. The van der Waals surface area contributed by atoms with Crippen molar-refractivity contribution in [2.45, 2.75) is 62.7 Å². The fourth-order valence-corrected chi connectivity index (χ4v) is 4.28. The number of nitrogens with one attached hydrogen (secondary N) is 3. The molecule has 0 spiro atoms. The lowest BCUT2D eigenvalue weighted by Crippen LogP contribution is -2.57. The van der Waals surface area contributed by atoms with Crippen LogP contribution < -0.4 is 16.4 Å². The van der Waals surface area contributed by atoms with Crippen LogP contribution in [0.3, 0.4) is 0 Å². The van der Waals surface area contributed by atoms with Gasteiger partial charge in [-0.25, -0.2) is 9.78 Å². The summed E-state index contributed by atoms with van der Waals surface area (Å²) in [6, 6.07) is -4.12. The lowest BCUT2D eigenvalue weighted by Gasteiger charge is -2.28. The molecule has 2 rings (SSSR count). The number of nitrogens with zero attached hydrogens (tertiary/aromatic N) is 2. The third-order valence-electron chi connectivity index (χ3n) is 5.66. The zero-order valence-electron chi connectivity index (χ0n) is 19.4. The van der Waals surface area contributed by atoms with Gasteiger partial charge in [-0.05, 0) is 37.7 Å². The number of H-pyrrole nitrogens is 1. The molecule has 13 nitrogen and oxygen atoms in total. The van der Waals surface area contributed by atoms with Gasteiger partial charge >= 0.3 is 11.9 Å². The van der Waals surface area contributed by atoms with Gasteiger partial charge in [0, 0.05) is 31.3 Å². The largest absolute Gasteiger partial charge is 0.481 e. The Balaban J connectivity index is 2.05. The standard InChI is InChI=1S/C21H32N6O7S/c1-35-8-6-14(18(30)26-15(21(33)34)4-5-17(28)29)25-19(31)16-3-2-7-27(16)20(32)13(22)9-12-10-23-11-24-12/h10-11,13-16H,2-9,22H2,1H3,(H,23,24)(H,25,31)(H,26,30)(H,28,29)(H,33,34). The summed E-state index contributed by atoms with van der Waals surface area (Å²) in [5.41, 5.74) is 6.75. The predicted molar refractivity (Wildman–Crippen MR) is 126 cm³/mol. The third-order valence-corrected chi connectivity index (χ3v) is 6.30. The molecular formula is C21H32N6O7S. The van der Waals surface area contributed by atoms with Crippen molar-refractivity contribution in [1.29, 1.82) is 0 Å². The summed E-state index contributed by atoms with van der Waals surface area (Å²) in [5, 5.41) is 23.1. The van der Waals surface area contributed by atoms with E-state index in [-0.39, 0.29) is 25.2 Å². The lowest BCUT2D eigenvalue weighted by molar-refractivity contribution is -0.144. The Kier molecular flexibility index (Phi) is 11.0. The molecule has 0 radical (unpaired) electrons.